The predicted octanol–water partition coefficient (Wildman–Crippen LogP) is 2.02. The number of nitrogens with one attached hydrogen (secondary N) is 3. The van der Waals surface area contributed by atoms with Gasteiger partial charge in [-0.1, -0.05) is 12.1 Å². The first kappa shape index (κ1) is 23.5. The third kappa shape index (κ3) is 7.58. The molecule has 0 unspecified atom stereocenters. The summed E-state index contributed by atoms with van der Waals surface area (Å²) in [5.74, 6) is 0.689. The number of hydrogen-bond acceptors (Lipinski definition) is 4. The second-order valence-electron chi connectivity index (χ2n) is 5.60. The number of nitrogens with zero attached hydrogens (tertiary/aromatic N) is 1. The van der Waals surface area contributed by atoms with E-state index in [1.54, 1.807) is 37.0 Å². The van der Waals surface area contributed by atoms with E-state index in [4.69, 9.17) is 0 Å². The number of thioether (sulfide) groups is 1. The molecule has 24 heavy (non-hydrogen) atoms. The maximum Gasteiger partial charge on any atom is 0.240 e. The van der Waals surface area contributed by atoms with Crippen molar-refractivity contribution in [3.8, 4) is 0 Å². The van der Waals surface area contributed by atoms with Crippen LogP contribution in [0.2, 0.25) is 0 Å². The summed E-state index contributed by atoms with van der Waals surface area (Å²) in [6, 6.07) is 6.83. The molecule has 0 spiro atoms. The second-order valence-corrected chi connectivity index (χ2v) is 9.00. The fraction of sp³-hybridized carbons (Fsp3) is 0.533. The highest BCUT2D eigenvalue weighted by molar-refractivity contribution is 14.0. The number of benzene rings is 1. The Morgan fingerprint density at radius 1 is 1.29 bits per heavy atom. The van der Waals surface area contributed by atoms with Crippen LogP contribution in [0.25, 0.3) is 0 Å². The Kier molecular flexibility index (Phi) is 10.2. The average Bonchev–Trinajstić information content (AvgIpc) is 2.55. The van der Waals surface area contributed by atoms with E-state index in [2.05, 4.69) is 40.5 Å². The molecule has 0 bridgehead atoms. The molecular formula is C15H27IN4O2S2. The first-order valence-corrected chi connectivity index (χ1v) is 9.97. The van der Waals surface area contributed by atoms with Crippen molar-refractivity contribution in [1.82, 2.24) is 15.4 Å². The monoisotopic (exact) mass is 486 g/mol. The summed E-state index contributed by atoms with van der Waals surface area (Å²) in [5.41, 5.74) is 0.869. The number of guanidine groups is 1. The maximum absolute atomic E-state index is 11.8. The zero-order valence-electron chi connectivity index (χ0n) is 14.7. The number of rotatable bonds is 7. The Morgan fingerprint density at radius 3 is 2.50 bits per heavy atom. The summed E-state index contributed by atoms with van der Waals surface area (Å²) in [6.45, 7) is 5.59. The molecule has 9 heteroatoms. The van der Waals surface area contributed by atoms with Crippen molar-refractivity contribution in [3.05, 3.63) is 29.8 Å². The van der Waals surface area contributed by atoms with Crippen molar-refractivity contribution in [1.29, 1.82) is 0 Å². The molecule has 0 aliphatic rings. The van der Waals surface area contributed by atoms with Gasteiger partial charge in [-0.2, -0.15) is 11.8 Å². The topological polar surface area (TPSA) is 82.6 Å². The molecule has 6 nitrogen and oxygen atoms in total. The average molecular weight is 486 g/mol. The van der Waals surface area contributed by atoms with Gasteiger partial charge in [0.25, 0.3) is 0 Å². The molecule has 0 fully saturated rings. The lowest BCUT2D eigenvalue weighted by Crippen LogP contribution is -2.43. The van der Waals surface area contributed by atoms with Gasteiger partial charge in [0.15, 0.2) is 5.96 Å². The van der Waals surface area contributed by atoms with Gasteiger partial charge in [-0.05, 0) is 44.8 Å². The highest BCUT2D eigenvalue weighted by Gasteiger charge is 2.16. The van der Waals surface area contributed by atoms with Crippen LogP contribution < -0.4 is 15.4 Å². The largest absolute Gasteiger partial charge is 0.355 e. The van der Waals surface area contributed by atoms with Crippen molar-refractivity contribution >= 4 is 51.7 Å². The van der Waals surface area contributed by atoms with Gasteiger partial charge in [-0.15, -0.1) is 24.0 Å². The Hall–Kier alpha value is -0.520. The molecule has 0 atom stereocenters. The van der Waals surface area contributed by atoms with Crippen molar-refractivity contribution in [2.75, 3.05) is 26.9 Å². The summed E-state index contributed by atoms with van der Waals surface area (Å²) in [5, 5.41) is 6.47. The molecule has 0 heterocycles. The summed E-state index contributed by atoms with van der Waals surface area (Å²) in [6.07, 6.45) is 2.07. The van der Waals surface area contributed by atoms with E-state index in [0.29, 0.717) is 12.5 Å². The first-order valence-electron chi connectivity index (χ1n) is 7.26. The minimum absolute atomic E-state index is 0. The Balaban J connectivity index is 0.00000529. The molecular weight excluding hydrogens is 459 g/mol. The molecule has 138 valence electrons. The SMILES string of the molecule is CN=C(NCc1cccc(S(=O)(=O)NC)c1)NCC(C)(C)SC.I. The molecule has 0 aliphatic carbocycles. The molecule has 0 saturated heterocycles. The van der Waals surface area contributed by atoms with Crippen LogP contribution in [-0.2, 0) is 16.6 Å². The van der Waals surface area contributed by atoms with Crippen LogP contribution in [0, 0.1) is 0 Å². The van der Waals surface area contributed by atoms with E-state index in [1.807, 2.05) is 6.07 Å². The molecule has 0 aliphatic heterocycles. The van der Waals surface area contributed by atoms with Crippen LogP contribution in [0.1, 0.15) is 19.4 Å². The van der Waals surface area contributed by atoms with Gasteiger partial charge in [-0.25, -0.2) is 13.1 Å². The minimum Gasteiger partial charge on any atom is -0.355 e. The fourth-order valence-corrected chi connectivity index (χ4v) is 2.73. The lowest BCUT2D eigenvalue weighted by molar-refractivity contribution is 0.588. The molecule has 1 aromatic carbocycles. The molecule has 1 aromatic rings. The van der Waals surface area contributed by atoms with Crippen LogP contribution in [-0.4, -0.2) is 46.0 Å². The highest BCUT2D eigenvalue weighted by atomic mass is 127. The van der Waals surface area contributed by atoms with Crippen LogP contribution in [0.5, 0.6) is 0 Å². The molecule has 0 radical (unpaired) electrons. The van der Waals surface area contributed by atoms with Gasteiger partial charge >= 0.3 is 0 Å². The normalized spacial score (nSPS) is 12.5. The quantitative estimate of drug-likeness (QED) is 0.312. The lowest BCUT2D eigenvalue weighted by atomic mass is 10.2. The van der Waals surface area contributed by atoms with Crippen LogP contribution in [0.3, 0.4) is 0 Å². The Bertz CT molecular complexity index is 649. The zero-order chi connectivity index (χ0) is 17.5. The van der Waals surface area contributed by atoms with Crippen molar-refractivity contribution < 1.29 is 8.42 Å². The summed E-state index contributed by atoms with van der Waals surface area (Å²) < 4.78 is 26.1. The van der Waals surface area contributed by atoms with E-state index in [0.717, 1.165) is 12.1 Å². The van der Waals surface area contributed by atoms with Crippen LogP contribution in [0.4, 0.5) is 0 Å². The predicted molar refractivity (Wildman–Crippen MR) is 114 cm³/mol. The van der Waals surface area contributed by atoms with Gasteiger partial charge in [0.2, 0.25) is 10.0 Å². The van der Waals surface area contributed by atoms with E-state index in [1.165, 1.54) is 7.05 Å². The van der Waals surface area contributed by atoms with E-state index >= 15 is 0 Å². The Labute approximate surface area is 166 Å². The smallest absolute Gasteiger partial charge is 0.240 e. The molecule has 0 amide bonds. The van der Waals surface area contributed by atoms with E-state index < -0.39 is 10.0 Å². The summed E-state index contributed by atoms with van der Waals surface area (Å²) in [4.78, 5) is 4.44. The van der Waals surface area contributed by atoms with Gasteiger partial charge < -0.3 is 10.6 Å². The maximum atomic E-state index is 11.8. The molecule has 3 N–H and O–H groups in total. The Morgan fingerprint density at radius 2 is 1.96 bits per heavy atom. The lowest BCUT2D eigenvalue weighted by Gasteiger charge is -2.23. The first-order chi connectivity index (χ1) is 10.7. The third-order valence-corrected chi connectivity index (χ3v) is 6.06. The van der Waals surface area contributed by atoms with Gasteiger partial charge in [0.05, 0.1) is 4.90 Å². The summed E-state index contributed by atoms with van der Waals surface area (Å²) in [7, 11) is -0.310. The van der Waals surface area contributed by atoms with Crippen molar-refractivity contribution in [3.63, 3.8) is 0 Å². The minimum atomic E-state index is -3.42. The standard InChI is InChI=1S/C15H26N4O2S2.HI/c1-15(2,22-5)11-19-14(16-3)18-10-12-7-6-8-13(9-12)23(20,21)17-4;/h6-9,17H,10-11H2,1-5H3,(H2,16,18,19);1H. The second kappa shape index (κ2) is 10.5. The van der Waals surface area contributed by atoms with E-state index in [9.17, 15) is 8.42 Å². The van der Waals surface area contributed by atoms with Crippen LogP contribution in [0.15, 0.2) is 34.2 Å². The van der Waals surface area contributed by atoms with Gasteiger partial charge in [-0.3, -0.25) is 4.99 Å². The fourth-order valence-electron chi connectivity index (χ4n) is 1.72. The van der Waals surface area contributed by atoms with Crippen LogP contribution >= 0.6 is 35.7 Å². The molecule has 0 aromatic heterocycles. The number of sulfonamides is 1. The molecule has 0 saturated carbocycles. The van der Waals surface area contributed by atoms with Crippen molar-refractivity contribution in [2.45, 2.75) is 30.0 Å². The number of aliphatic imine (C=N–C) groups is 1. The highest BCUT2D eigenvalue weighted by Crippen LogP contribution is 2.19. The van der Waals surface area contributed by atoms with Gasteiger partial charge in [0.1, 0.15) is 0 Å². The third-order valence-electron chi connectivity index (χ3n) is 3.40. The van der Waals surface area contributed by atoms with Crippen molar-refractivity contribution in [2.24, 2.45) is 4.99 Å². The summed E-state index contributed by atoms with van der Waals surface area (Å²) >= 11 is 1.78. The number of hydrogen-bond donors (Lipinski definition) is 3. The van der Waals surface area contributed by atoms with E-state index in [-0.39, 0.29) is 33.6 Å². The zero-order valence-corrected chi connectivity index (χ0v) is 18.7. The van der Waals surface area contributed by atoms with Gasteiger partial charge in [0, 0.05) is 24.9 Å². The molecule has 1 rings (SSSR count). The number of halogens is 1.